The SMILES string of the molecule is Brc1cnc2c(I)c[c]cc2c1. The molecule has 0 amide bonds. The third-order valence-corrected chi connectivity index (χ3v) is 2.81. The van der Waals surface area contributed by atoms with E-state index in [0.717, 1.165) is 18.9 Å². The zero-order valence-corrected chi connectivity index (χ0v) is 9.76. The lowest BCUT2D eigenvalue weighted by molar-refractivity contribution is 1.38. The van der Waals surface area contributed by atoms with Gasteiger partial charge >= 0.3 is 0 Å². The molecule has 0 saturated heterocycles. The zero-order valence-electron chi connectivity index (χ0n) is 6.01. The second kappa shape index (κ2) is 3.30. The quantitative estimate of drug-likeness (QED) is 0.674. The van der Waals surface area contributed by atoms with Gasteiger partial charge in [0.15, 0.2) is 0 Å². The van der Waals surface area contributed by atoms with Crippen LogP contribution in [-0.4, -0.2) is 4.98 Å². The Balaban J connectivity index is 2.86. The molecule has 1 radical (unpaired) electrons. The lowest BCUT2D eigenvalue weighted by Crippen LogP contribution is -1.81. The Morgan fingerprint density at radius 3 is 3.08 bits per heavy atom. The molecule has 0 unspecified atom stereocenters. The van der Waals surface area contributed by atoms with Crippen molar-refractivity contribution in [3.8, 4) is 0 Å². The monoisotopic (exact) mass is 332 g/mol. The van der Waals surface area contributed by atoms with Crippen molar-refractivity contribution in [3.05, 3.63) is 38.5 Å². The second-order valence-electron chi connectivity index (χ2n) is 2.39. The van der Waals surface area contributed by atoms with E-state index in [9.17, 15) is 0 Å². The summed E-state index contributed by atoms with van der Waals surface area (Å²) in [5, 5.41) is 1.12. The maximum atomic E-state index is 4.31. The average molecular weight is 333 g/mol. The van der Waals surface area contributed by atoms with E-state index in [1.807, 2.05) is 24.4 Å². The predicted molar refractivity (Wildman–Crippen MR) is 61.0 cm³/mol. The van der Waals surface area contributed by atoms with E-state index in [-0.39, 0.29) is 0 Å². The minimum Gasteiger partial charge on any atom is -0.254 e. The van der Waals surface area contributed by atoms with Crippen LogP contribution in [0.15, 0.2) is 28.9 Å². The van der Waals surface area contributed by atoms with Gasteiger partial charge in [0.1, 0.15) is 0 Å². The first-order valence-corrected chi connectivity index (χ1v) is 5.25. The fourth-order valence-corrected chi connectivity index (χ4v) is 2.02. The first-order chi connectivity index (χ1) is 5.77. The molecular formula is C9H4BrIN. The molecule has 0 aliphatic carbocycles. The highest BCUT2D eigenvalue weighted by molar-refractivity contribution is 14.1. The van der Waals surface area contributed by atoms with Gasteiger partial charge in [-0.15, -0.1) is 0 Å². The van der Waals surface area contributed by atoms with Crippen molar-refractivity contribution in [1.82, 2.24) is 4.98 Å². The Morgan fingerprint density at radius 1 is 1.42 bits per heavy atom. The molecule has 59 valence electrons. The van der Waals surface area contributed by atoms with Crippen LogP contribution in [0.4, 0.5) is 0 Å². The fourth-order valence-electron chi connectivity index (χ4n) is 1.04. The lowest BCUT2D eigenvalue weighted by atomic mass is 10.2. The molecule has 1 aromatic heterocycles. The van der Waals surface area contributed by atoms with E-state index >= 15 is 0 Å². The lowest BCUT2D eigenvalue weighted by Gasteiger charge is -1.98. The van der Waals surface area contributed by atoms with Crippen LogP contribution in [0.2, 0.25) is 0 Å². The molecule has 0 saturated carbocycles. The average Bonchev–Trinajstić information content (AvgIpc) is 2.04. The van der Waals surface area contributed by atoms with Crippen molar-refractivity contribution in [2.24, 2.45) is 0 Å². The summed E-state index contributed by atoms with van der Waals surface area (Å²) in [5.74, 6) is 0. The van der Waals surface area contributed by atoms with Crippen LogP contribution in [0.25, 0.3) is 10.9 Å². The minimum absolute atomic E-state index is 1.01. The molecule has 0 fully saturated rings. The van der Waals surface area contributed by atoms with Gasteiger partial charge in [0.25, 0.3) is 0 Å². The Morgan fingerprint density at radius 2 is 2.25 bits per heavy atom. The summed E-state index contributed by atoms with van der Waals surface area (Å²) in [5.41, 5.74) is 1.04. The Hall–Kier alpha value is -0.160. The summed E-state index contributed by atoms with van der Waals surface area (Å²) < 4.78 is 2.14. The van der Waals surface area contributed by atoms with Crippen LogP contribution in [0.5, 0.6) is 0 Å². The van der Waals surface area contributed by atoms with Crippen molar-refractivity contribution in [3.63, 3.8) is 0 Å². The minimum atomic E-state index is 1.01. The van der Waals surface area contributed by atoms with Gasteiger partial charge in [0, 0.05) is 19.6 Å². The summed E-state index contributed by atoms with van der Waals surface area (Å²) in [6.07, 6.45) is 1.81. The summed E-state index contributed by atoms with van der Waals surface area (Å²) >= 11 is 5.64. The van der Waals surface area contributed by atoms with E-state index in [0.29, 0.717) is 0 Å². The molecule has 0 atom stereocenters. The molecule has 0 aliphatic rings. The van der Waals surface area contributed by atoms with E-state index in [1.165, 1.54) is 0 Å². The number of benzene rings is 1. The predicted octanol–water partition coefficient (Wildman–Crippen LogP) is 3.40. The van der Waals surface area contributed by atoms with Crippen molar-refractivity contribution < 1.29 is 0 Å². The summed E-state index contributed by atoms with van der Waals surface area (Å²) in [4.78, 5) is 4.31. The van der Waals surface area contributed by atoms with E-state index in [4.69, 9.17) is 0 Å². The first-order valence-electron chi connectivity index (χ1n) is 3.38. The van der Waals surface area contributed by atoms with Crippen molar-refractivity contribution in [2.45, 2.75) is 0 Å². The van der Waals surface area contributed by atoms with Crippen LogP contribution in [0, 0.1) is 9.64 Å². The van der Waals surface area contributed by atoms with Crippen LogP contribution in [0.3, 0.4) is 0 Å². The van der Waals surface area contributed by atoms with Gasteiger partial charge in [0.05, 0.1) is 5.52 Å². The standard InChI is InChI=1S/C9H4BrIN/c10-7-4-6-2-1-3-8(11)9(6)12-5-7/h2-5H. The van der Waals surface area contributed by atoms with Gasteiger partial charge in [-0.1, -0.05) is 0 Å². The van der Waals surface area contributed by atoms with Gasteiger partial charge < -0.3 is 0 Å². The van der Waals surface area contributed by atoms with E-state index < -0.39 is 0 Å². The molecule has 2 aromatic rings. The van der Waals surface area contributed by atoms with Crippen LogP contribution < -0.4 is 0 Å². The van der Waals surface area contributed by atoms with Gasteiger partial charge in [-0.25, -0.2) is 0 Å². The number of nitrogens with zero attached hydrogens (tertiary/aromatic N) is 1. The van der Waals surface area contributed by atoms with Gasteiger partial charge in [-0.2, -0.15) is 0 Å². The Kier molecular flexibility index (Phi) is 2.32. The number of aromatic nitrogens is 1. The molecule has 1 aromatic carbocycles. The summed E-state index contributed by atoms with van der Waals surface area (Å²) in [6.45, 7) is 0. The second-order valence-corrected chi connectivity index (χ2v) is 4.47. The number of rotatable bonds is 0. The third kappa shape index (κ3) is 1.47. The normalized spacial score (nSPS) is 10.5. The molecule has 0 N–H and O–H groups in total. The molecule has 12 heavy (non-hydrogen) atoms. The maximum absolute atomic E-state index is 4.31. The molecule has 1 heterocycles. The zero-order chi connectivity index (χ0) is 8.55. The highest BCUT2D eigenvalue weighted by Crippen LogP contribution is 2.20. The third-order valence-electron chi connectivity index (χ3n) is 1.56. The Labute approximate surface area is 92.5 Å². The molecular weight excluding hydrogens is 329 g/mol. The number of halogens is 2. The van der Waals surface area contributed by atoms with E-state index in [1.54, 1.807) is 0 Å². The van der Waals surface area contributed by atoms with Gasteiger partial charge in [-0.3, -0.25) is 4.98 Å². The Bertz CT molecular complexity index is 428. The first kappa shape index (κ1) is 8.44. The van der Waals surface area contributed by atoms with Crippen molar-refractivity contribution in [2.75, 3.05) is 0 Å². The van der Waals surface area contributed by atoms with Crippen LogP contribution in [-0.2, 0) is 0 Å². The molecule has 3 heteroatoms. The van der Waals surface area contributed by atoms with Gasteiger partial charge in [0.2, 0.25) is 0 Å². The molecule has 0 spiro atoms. The fraction of sp³-hybridized carbons (Fsp3) is 0. The van der Waals surface area contributed by atoms with Crippen LogP contribution >= 0.6 is 38.5 Å². The molecule has 1 nitrogen and oxygen atoms in total. The maximum Gasteiger partial charge on any atom is 0.0836 e. The van der Waals surface area contributed by atoms with E-state index in [2.05, 4.69) is 49.6 Å². The number of hydrogen-bond acceptors (Lipinski definition) is 1. The number of fused-ring (bicyclic) bond motifs is 1. The number of pyridine rings is 1. The number of hydrogen-bond donors (Lipinski definition) is 0. The molecule has 2 rings (SSSR count). The van der Waals surface area contributed by atoms with Crippen molar-refractivity contribution in [1.29, 1.82) is 0 Å². The smallest absolute Gasteiger partial charge is 0.0836 e. The van der Waals surface area contributed by atoms with Crippen LogP contribution in [0.1, 0.15) is 0 Å². The highest BCUT2D eigenvalue weighted by atomic mass is 127. The molecule has 0 bridgehead atoms. The largest absolute Gasteiger partial charge is 0.254 e. The topological polar surface area (TPSA) is 12.9 Å². The van der Waals surface area contributed by atoms with Gasteiger partial charge in [-0.05, 0) is 62.8 Å². The highest BCUT2D eigenvalue weighted by Gasteiger charge is 1.98. The molecule has 0 aliphatic heterocycles. The summed E-state index contributed by atoms with van der Waals surface area (Å²) in [6, 6.07) is 8.98. The van der Waals surface area contributed by atoms with Crippen molar-refractivity contribution >= 4 is 49.4 Å². The summed E-state index contributed by atoms with van der Waals surface area (Å²) in [7, 11) is 0.